The predicted molar refractivity (Wildman–Crippen MR) is 278 cm³/mol. The van der Waals surface area contributed by atoms with Crippen LogP contribution < -0.4 is 4.90 Å². The Bertz CT molecular complexity index is 2610. The summed E-state index contributed by atoms with van der Waals surface area (Å²) in [6.45, 7) is 34.0. The van der Waals surface area contributed by atoms with Gasteiger partial charge in [-0.05, 0) is 223 Å². The molecular formula is C64H79N. The number of benzene rings is 5. The fourth-order valence-electron chi connectivity index (χ4n) is 15.0. The van der Waals surface area contributed by atoms with Gasteiger partial charge in [0.15, 0.2) is 0 Å². The van der Waals surface area contributed by atoms with Gasteiger partial charge < -0.3 is 4.90 Å². The Hall–Kier alpha value is -4.10. The van der Waals surface area contributed by atoms with E-state index in [1.807, 2.05) is 0 Å². The van der Waals surface area contributed by atoms with E-state index in [9.17, 15) is 0 Å². The average Bonchev–Trinajstić information content (AvgIpc) is 3.52. The number of fused-ring (bicyclic) bond motifs is 5. The van der Waals surface area contributed by atoms with Gasteiger partial charge in [-0.1, -0.05) is 145 Å². The molecule has 1 spiro atoms. The molecule has 0 atom stereocenters. The van der Waals surface area contributed by atoms with Crippen molar-refractivity contribution in [3.8, 4) is 22.3 Å². The van der Waals surface area contributed by atoms with Crippen LogP contribution in [0, 0.1) is 23.7 Å². The molecule has 5 aromatic carbocycles. The lowest BCUT2D eigenvalue weighted by Crippen LogP contribution is -2.55. The Labute approximate surface area is 394 Å². The summed E-state index contributed by atoms with van der Waals surface area (Å²) in [4.78, 5) is 2.68. The topological polar surface area (TPSA) is 3.24 Å². The van der Waals surface area contributed by atoms with E-state index in [2.05, 4.69) is 193 Å². The molecule has 0 aliphatic heterocycles. The molecule has 1 nitrogen and oxygen atoms in total. The van der Waals surface area contributed by atoms with Gasteiger partial charge in [0, 0.05) is 22.5 Å². The summed E-state index contributed by atoms with van der Waals surface area (Å²) in [5.74, 6) is 3.15. The fourth-order valence-corrected chi connectivity index (χ4v) is 15.0. The van der Waals surface area contributed by atoms with Gasteiger partial charge in [0.25, 0.3) is 0 Å². The summed E-state index contributed by atoms with van der Waals surface area (Å²) in [5.41, 5.74) is 22.7. The van der Waals surface area contributed by atoms with Gasteiger partial charge in [-0.15, -0.1) is 0 Å². The van der Waals surface area contributed by atoms with Crippen LogP contribution >= 0.6 is 0 Å². The second-order valence-corrected chi connectivity index (χ2v) is 27.3. The lowest BCUT2D eigenvalue weighted by Gasteiger charge is -2.61. The van der Waals surface area contributed by atoms with E-state index in [1.165, 1.54) is 130 Å². The highest BCUT2D eigenvalue weighted by Gasteiger charge is 2.62. The first-order chi connectivity index (χ1) is 30.4. The summed E-state index contributed by atoms with van der Waals surface area (Å²) in [6, 6.07) is 38.2. The second-order valence-electron chi connectivity index (χ2n) is 27.3. The maximum atomic E-state index is 2.73. The molecule has 4 bridgehead atoms. The third-order valence-electron chi connectivity index (χ3n) is 19.1. The standard InChI is InChI=1S/C64H79N/c1-58(2,3)43-32-42(33-44(35-43)59(4,5)6)41-15-19-50-51-20-16-47(36-55(51)64(54(50)34-41)45-28-39-27-40(30-45)31-46(64)29-39)65(48-17-21-52-56(37-48)62(11,12)25-23-60(52,7)8)49-18-22-53-57(38-49)63(13,14)26-24-61(53,9)10/h15-22,32-40,45-46H,23-31H2,1-14H3. The first kappa shape index (κ1) is 43.5. The molecule has 0 radical (unpaired) electrons. The van der Waals surface area contributed by atoms with Crippen molar-refractivity contribution < 1.29 is 0 Å². The first-order valence-corrected chi connectivity index (χ1v) is 25.9. The zero-order valence-electron chi connectivity index (χ0n) is 42.8. The number of nitrogens with zero attached hydrogens (tertiary/aromatic N) is 1. The second kappa shape index (κ2) is 14.0. The van der Waals surface area contributed by atoms with E-state index < -0.39 is 0 Å². The van der Waals surface area contributed by atoms with Crippen molar-refractivity contribution in [3.63, 3.8) is 0 Å². The normalized spacial score (nSPS) is 27.2. The smallest absolute Gasteiger partial charge is 0.0465 e. The van der Waals surface area contributed by atoms with Crippen molar-refractivity contribution in [3.05, 3.63) is 136 Å². The molecule has 65 heavy (non-hydrogen) atoms. The summed E-state index contributed by atoms with van der Waals surface area (Å²) >= 11 is 0. The molecule has 7 aliphatic carbocycles. The first-order valence-electron chi connectivity index (χ1n) is 25.9. The van der Waals surface area contributed by atoms with E-state index in [0.29, 0.717) is 11.8 Å². The summed E-state index contributed by atoms with van der Waals surface area (Å²) in [7, 11) is 0. The molecular weight excluding hydrogens is 783 g/mol. The van der Waals surface area contributed by atoms with Gasteiger partial charge in [0.05, 0.1) is 0 Å². The zero-order chi connectivity index (χ0) is 46.0. The Balaban J connectivity index is 1.13. The average molecular weight is 862 g/mol. The summed E-state index contributed by atoms with van der Waals surface area (Å²) < 4.78 is 0. The van der Waals surface area contributed by atoms with Crippen LogP contribution in [0.3, 0.4) is 0 Å². The van der Waals surface area contributed by atoms with Crippen LogP contribution in [0.25, 0.3) is 22.3 Å². The molecule has 4 fully saturated rings. The molecule has 0 amide bonds. The van der Waals surface area contributed by atoms with Crippen LogP contribution in [0.2, 0.25) is 0 Å². The van der Waals surface area contributed by atoms with E-state index >= 15 is 0 Å². The number of rotatable bonds is 4. The van der Waals surface area contributed by atoms with Gasteiger partial charge in [0.2, 0.25) is 0 Å². The minimum atomic E-state index is 0.0357. The number of hydrogen-bond acceptors (Lipinski definition) is 1. The minimum Gasteiger partial charge on any atom is -0.310 e. The fraction of sp³-hybridized carbons (Fsp3) is 0.531. The van der Waals surface area contributed by atoms with Crippen LogP contribution in [-0.4, -0.2) is 0 Å². The molecule has 0 saturated heterocycles. The summed E-state index contributed by atoms with van der Waals surface area (Å²) in [6.07, 6.45) is 11.8. The maximum Gasteiger partial charge on any atom is 0.0465 e. The molecule has 0 N–H and O–H groups in total. The van der Waals surface area contributed by atoms with Gasteiger partial charge in [-0.3, -0.25) is 0 Å². The lowest BCUT2D eigenvalue weighted by atomic mass is 9.43. The molecule has 12 rings (SSSR count). The Kier molecular flexibility index (Phi) is 9.35. The van der Waals surface area contributed by atoms with Gasteiger partial charge in [-0.2, -0.15) is 0 Å². The predicted octanol–water partition coefficient (Wildman–Crippen LogP) is 17.8. The Morgan fingerprint density at radius 3 is 1.22 bits per heavy atom. The third-order valence-corrected chi connectivity index (χ3v) is 19.1. The monoisotopic (exact) mass is 862 g/mol. The quantitative estimate of drug-likeness (QED) is 0.174. The van der Waals surface area contributed by atoms with E-state index in [0.717, 1.165) is 11.8 Å². The van der Waals surface area contributed by atoms with Crippen molar-refractivity contribution in [2.24, 2.45) is 23.7 Å². The van der Waals surface area contributed by atoms with Crippen LogP contribution in [0.4, 0.5) is 17.1 Å². The van der Waals surface area contributed by atoms with E-state index in [-0.39, 0.29) is 37.9 Å². The van der Waals surface area contributed by atoms with E-state index in [4.69, 9.17) is 0 Å². The largest absolute Gasteiger partial charge is 0.310 e. The molecule has 0 heterocycles. The van der Waals surface area contributed by atoms with Crippen molar-refractivity contribution in [1.29, 1.82) is 0 Å². The molecule has 7 aliphatic rings. The highest BCUT2D eigenvalue weighted by atomic mass is 15.1. The lowest BCUT2D eigenvalue weighted by molar-refractivity contribution is -0.0399. The highest BCUT2D eigenvalue weighted by Crippen LogP contribution is 2.70. The van der Waals surface area contributed by atoms with Crippen LogP contribution in [0.5, 0.6) is 0 Å². The van der Waals surface area contributed by atoms with Crippen molar-refractivity contribution in [1.82, 2.24) is 0 Å². The van der Waals surface area contributed by atoms with Crippen molar-refractivity contribution in [2.45, 2.75) is 193 Å². The number of anilines is 3. The third kappa shape index (κ3) is 6.64. The van der Waals surface area contributed by atoms with Crippen molar-refractivity contribution >= 4 is 17.1 Å². The summed E-state index contributed by atoms with van der Waals surface area (Å²) in [5, 5.41) is 0. The molecule has 0 aromatic heterocycles. The van der Waals surface area contributed by atoms with E-state index in [1.54, 1.807) is 11.1 Å². The molecule has 1 heteroatoms. The maximum absolute atomic E-state index is 2.73. The number of hydrogen-bond donors (Lipinski definition) is 0. The minimum absolute atomic E-state index is 0.0357. The van der Waals surface area contributed by atoms with Gasteiger partial charge in [-0.25, -0.2) is 0 Å². The molecule has 5 aromatic rings. The van der Waals surface area contributed by atoms with Gasteiger partial charge in [0.1, 0.15) is 0 Å². The van der Waals surface area contributed by atoms with Crippen LogP contribution in [-0.2, 0) is 37.9 Å². The molecule has 340 valence electrons. The van der Waals surface area contributed by atoms with Crippen LogP contribution in [0.1, 0.15) is 199 Å². The SMILES string of the molecule is CC(C)(C)c1cc(-c2ccc3c(c2)C2(c4cc(N(c5ccc6c(c5)C(C)(C)CCC6(C)C)c5ccc6c(c5)C(C)(C)CCC6(C)C)ccc4-3)C3CC4CC(C3)CC2C4)cc(C(C)(C)C)c1. The zero-order valence-corrected chi connectivity index (χ0v) is 42.8. The molecule has 0 unspecified atom stereocenters. The highest BCUT2D eigenvalue weighted by molar-refractivity contribution is 5.88. The Morgan fingerprint density at radius 2 is 0.769 bits per heavy atom. The molecule has 4 saturated carbocycles. The van der Waals surface area contributed by atoms with Crippen molar-refractivity contribution in [2.75, 3.05) is 4.90 Å². The van der Waals surface area contributed by atoms with Gasteiger partial charge >= 0.3 is 0 Å². The van der Waals surface area contributed by atoms with Crippen LogP contribution in [0.15, 0.2) is 91.0 Å². The Morgan fingerprint density at radius 1 is 0.385 bits per heavy atom.